The molecule has 0 spiro atoms. The molecule has 5 rings (SSSR count). The zero-order chi connectivity index (χ0) is 20.7. The van der Waals surface area contributed by atoms with Gasteiger partial charge in [0.1, 0.15) is 18.0 Å². The first kappa shape index (κ1) is 18.2. The third-order valence-electron chi connectivity index (χ3n) is 5.16. The van der Waals surface area contributed by atoms with Crippen molar-refractivity contribution in [2.75, 3.05) is 0 Å². The molecule has 30 heavy (non-hydrogen) atoms. The highest BCUT2D eigenvalue weighted by atomic mass is 19.1. The molecule has 2 heterocycles. The Kier molecular flexibility index (Phi) is 4.37. The van der Waals surface area contributed by atoms with Crippen molar-refractivity contribution < 1.29 is 4.39 Å². The van der Waals surface area contributed by atoms with Gasteiger partial charge in [-0.3, -0.25) is 0 Å². The fraction of sp³-hybridized carbons (Fsp3) is 0.0870. The Morgan fingerprint density at radius 2 is 1.87 bits per heavy atom. The van der Waals surface area contributed by atoms with E-state index in [2.05, 4.69) is 15.2 Å². The molecule has 0 aliphatic carbocycles. The van der Waals surface area contributed by atoms with Crippen molar-refractivity contribution in [2.24, 2.45) is 12.8 Å². The monoisotopic (exact) mass is 398 g/mol. The summed E-state index contributed by atoms with van der Waals surface area (Å²) in [5, 5.41) is 8.09. The van der Waals surface area contributed by atoms with Crippen molar-refractivity contribution >= 4 is 11.0 Å². The number of halogens is 1. The molecule has 0 bridgehead atoms. The number of H-pyrrole nitrogens is 1. The first-order valence-corrected chi connectivity index (χ1v) is 9.56. The van der Waals surface area contributed by atoms with E-state index in [0.717, 1.165) is 39.1 Å². The number of aromatic amines is 1. The third kappa shape index (κ3) is 3.15. The van der Waals surface area contributed by atoms with Gasteiger partial charge < -0.3 is 15.3 Å². The molecule has 0 saturated heterocycles. The van der Waals surface area contributed by atoms with Crippen LogP contribution in [0.2, 0.25) is 0 Å². The molecule has 5 aromatic rings. The molecule has 6 nitrogen and oxygen atoms in total. The topological polar surface area (TPSA) is 85.4 Å². The molecule has 148 valence electrons. The summed E-state index contributed by atoms with van der Waals surface area (Å²) >= 11 is 0. The zero-order valence-corrected chi connectivity index (χ0v) is 16.3. The van der Waals surface area contributed by atoms with Gasteiger partial charge in [0.25, 0.3) is 0 Å². The summed E-state index contributed by atoms with van der Waals surface area (Å²) in [6.45, 7) is 0.481. The van der Waals surface area contributed by atoms with Gasteiger partial charge >= 0.3 is 0 Å². The number of fused-ring (bicyclic) bond motifs is 1. The van der Waals surface area contributed by atoms with Crippen LogP contribution in [0.4, 0.5) is 4.39 Å². The van der Waals surface area contributed by atoms with Crippen LogP contribution in [-0.2, 0) is 13.6 Å². The molecule has 0 unspecified atom stereocenters. The second-order valence-electron chi connectivity index (χ2n) is 7.18. The van der Waals surface area contributed by atoms with Gasteiger partial charge in [-0.25, -0.2) is 9.37 Å². The van der Waals surface area contributed by atoms with Gasteiger partial charge in [-0.15, -0.1) is 10.2 Å². The van der Waals surface area contributed by atoms with Crippen LogP contribution in [0.1, 0.15) is 5.56 Å². The summed E-state index contributed by atoms with van der Waals surface area (Å²) in [5.41, 5.74) is 12.1. The summed E-state index contributed by atoms with van der Waals surface area (Å²) in [7, 11) is 1.84. The standard InChI is InChI=1S/C23H19FN6/c1-30-13-26-29-23(30)19-11-17(24)6-7-18(19)15-3-2-4-16(10-15)22-27-20-8-5-14(12-25)9-21(20)28-22/h2-11,13H,12,25H2,1H3,(H,27,28). The number of imidazole rings is 1. The Morgan fingerprint density at radius 3 is 2.67 bits per heavy atom. The number of aryl methyl sites for hydroxylation is 1. The first-order valence-electron chi connectivity index (χ1n) is 9.56. The summed E-state index contributed by atoms with van der Waals surface area (Å²) in [6.07, 6.45) is 1.60. The van der Waals surface area contributed by atoms with E-state index >= 15 is 0 Å². The van der Waals surface area contributed by atoms with E-state index in [1.54, 1.807) is 17.0 Å². The lowest BCUT2D eigenvalue weighted by Crippen LogP contribution is -1.95. The van der Waals surface area contributed by atoms with Crippen LogP contribution in [-0.4, -0.2) is 24.7 Å². The van der Waals surface area contributed by atoms with Gasteiger partial charge in [-0.2, -0.15) is 0 Å². The lowest BCUT2D eigenvalue weighted by atomic mass is 9.97. The lowest BCUT2D eigenvalue weighted by Gasteiger charge is -2.10. The van der Waals surface area contributed by atoms with Crippen molar-refractivity contribution in [3.63, 3.8) is 0 Å². The maximum absolute atomic E-state index is 14.0. The Bertz CT molecular complexity index is 1370. The second kappa shape index (κ2) is 7.20. The van der Waals surface area contributed by atoms with Gasteiger partial charge in [-0.1, -0.05) is 30.3 Å². The number of hydrogen-bond donors (Lipinski definition) is 2. The smallest absolute Gasteiger partial charge is 0.164 e. The molecule has 0 amide bonds. The molecule has 3 aromatic carbocycles. The van der Waals surface area contributed by atoms with E-state index in [0.29, 0.717) is 17.9 Å². The van der Waals surface area contributed by atoms with E-state index in [4.69, 9.17) is 10.7 Å². The molecule has 0 radical (unpaired) electrons. The van der Waals surface area contributed by atoms with Gasteiger partial charge in [-0.05, 0) is 47.0 Å². The van der Waals surface area contributed by atoms with Crippen molar-refractivity contribution in [2.45, 2.75) is 6.54 Å². The van der Waals surface area contributed by atoms with E-state index in [9.17, 15) is 4.39 Å². The molecule has 0 atom stereocenters. The molecular formula is C23H19FN6. The number of aromatic nitrogens is 5. The predicted molar refractivity (Wildman–Crippen MR) is 115 cm³/mol. The van der Waals surface area contributed by atoms with E-state index in [1.807, 2.05) is 49.5 Å². The number of nitrogens with zero attached hydrogens (tertiary/aromatic N) is 4. The van der Waals surface area contributed by atoms with Crippen LogP contribution in [0, 0.1) is 5.82 Å². The number of rotatable bonds is 4. The van der Waals surface area contributed by atoms with Crippen LogP contribution in [0.3, 0.4) is 0 Å². The molecule has 0 saturated carbocycles. The lowest BCUT2D eigenvalue weighted by molar-refractivity contribution is 0.628. The highest BCUT2D eigenvalue weighted by molar-refractivity contribution is 5.84. The molecule has 0 aliphatic heterocycles. The van der Waals surface area contributed by atoms with Crippen molar-refractivity contribution in [3.8, 4) is 33.9 Å². The average Bonchev–Trinajstić information content (AvgIpc) is 3.39. The Labute approximate surface area is 172 Å². The first-order chi connectivity index (χ1) is 14.6. The predicted octanol–water partition coefficient (Wildman–Crippen LogP) is 4.29. The van der Waals surface area contributed by atoms with Gasteiger partial charge in [0.15, 0.2) is 5.82 Å². The SMILES string of the molecule is Cn1cnnc1-c1cc(F)ccc1-c1cccc(-c2nc3ccc(CN)cc3[nH]2)c1. The Hall–Kier alpha value is -3.84. The van der Waals surface area contributed by atoms with Crippen LogP contribution in [0.5, 0.6) is 0 Å². The molecule has 0 aliphatic rings. The third-order valence-corrected chi connectivity index (χ3v) is 5.16. The number of benzene rings is 3. The van der Waals surface area contributed by atoms with E-state index < -0.39 is 0 Å². The van der Waals surface area contributed by atoms with Crippen LogP contribution in [0.15, 0.2) is 67.0 Å². The summed E-state index contributed by atoms with van der Waals surface area (Å²) in [6, 6.07) is 18.7. The average molecular weight is 398 g/mol. The quantitative estimate of drug-likeness (QED) is 0.473. The van der Waals surface area contributed by atoms with Crippen LogP contribution >= 0.6 is 0 Å². The molecule has 2 aromatic heterocycles. The zero-order valence-electron chi connectivity index (χ0n) is 16.3. The number of nitrogens with two attached hydrogens (primary N) is 1. The fourth-order valence-corrected chi connectivity index (χ4v) is 3.63. The minimum Gasteiger partial charge on any atom is -0.338 e. The Morgan fingerprint density at radius 1 is 1.00 bits per heavy atom. The molecule has 0 fully saturated rings. The molecular weight excluding hydrogens is 379 g/mol. The van der Waals surface area contributed by atoms with Crippen molar-refractivity contribution in [1.29, 1.82) is 0 Å². The van der Waals surface area contributed by atoms with Crippen LogP contribution < -0.4 is 5.73 Å². The number of nitrogens with one attached hydrogen (secondary N) is 1. The second-order valence-corrected chi connectivity index (χ2v) is 7.18. The fourth-order valence-electron chi connectivity index (χ4n) is 3.63. The van der Waals surface area contributed by atoms with E-state index in [1.165, 1.54) is 12.1 Å². The highest BCUT2D eigenvalue weighted by Gasteiger charge is 2.14. The van der Waals surface area contributed by atoms with Crippen LogP contribution in [0.25, 0.3) is 44.9 Å². The summed E-state index contributed by atoms with van der Waals surface area (Å²) < 4.78 is 15.8. The van der Waals surface area contributed by atoms with E-state index in [-0.39, 0.29) is 5.82 Å². The maximum atomic E-state index is 14.0. The minimum atomic E-state index is -0.319. The number of hydrogen-bond acceptors (Lipinski definition) is 4. The van der Waals surface area contributed by atoms with Gasteiger partial charge in [0.05, 0.1) is 11.0 Å². The minimum absolute atomic E-state index is 0.319. The van der Waals surface area contributed by atoms with Crippen molar-refractivity contribution in [3.05, 3.63) is 78.4 Å². The highest BCUT2D eigenvalue weighted by Crippen LogP contribution is 2.33. The molecule has 7 heteroatoms. The van der Waals surface area contributed by atoms with Gasteiger partial charge in [0, 0.05) is 24.7 Å². The largest absolute Gasteiger partial charge is 0.338 e. The summed E-state index contributed by atoms with van der Waals surface area (Å²) in [4.78, 5) is 8.08. The van der Waals surface area contributed by atoms with Gasteiger partial charge in [0.2, 0.25) is 0 Å². The summed E-state index contributed by atoms with van der Waals surface area (Å²) in [5.74, 6) is 1.05. The Balaban J connectivity index is 1.62. The normalized spacial score (nSPS) is 11.3. The van der Waals surface area contributed by atoms with Crippen molar-refractivity contribution in [1.82, 2.24) is 24.7 Å². The maximum Gasteiger partial charge on any atom is 0.164 e. The molecule has 3 N–H and O–H groups in total.